The minimum Gasteiger partial charge on any atom is -0.324 e. The first kappa shape index (κ1) is 10.2. The van der Waals surface area contributed by atoms with Crippen LogP contribution in [0.4, 0.5) is 0 Å². The number of aromatic nitrogens is 1. The van der Waals surface area contributed by atoms with Gasteiger partial charge < -0.3 is 5.73 Å². The van der Waals surface area contributed by atoms with Crippen LogP contribution < -0.4 is 5.73 Å². The molecule has 13 heavy (non-hydrogen) atoms. The van der Waals surface area contributed by atoms with Crippen molar-refractivity contribution in [1.29, 1.82) is 0 Å². The quantitative estimate of drug-likeness (QED) is 0.594. The molecule has 0 spiro atoms. The van der Waals surface area contributed by atoms with Crippen LogP contribution in [0.1, 0.15) is 24.4 Å². The average molecular weight is 197 g/mol. The lowest BCUT2D eigenvalue weighted by molar-refractivity contribution is 0.659. The van der Waals surface area contributed by atoms with Gasteiger partial charge in [-0.15, -0.1) is 6.58 Å². The van der Waals surface area contributed by atoms with E-state index in [1.54, 1.807) is 12.3 Å². The summed E-state index contributed by atoms with van der Waals surface area (Å²) in [6.45, 7) is 3.65. The molecule has 0 saturated carbocycles. The van der Waals surface area contributed by atoms with Crippen LogP contribution in [0.2, 0.25) is 5.15 Å². The maximum Gasteiger partial charge on any atom is 0.129 e. The first-order valence-corrected chi connectivity index (χ1v) is 4.59. The first-order chi connectivity index (χ1) is 6.24. The van der Waals surface area contributed by atoms with Crippen LogP contribution >= 0.6 is 11.6 Å². The fourth-order valence-corrected chi connectivity index (χ4v) is 1.18. The Morgan fingerprint density at radius 2 is 2.38 bits per heavy atom. The minimum absolute atomic E-state index is 0.0303. The summed E-state index contributed by atoms with van der Waals surface area (Å²) in [5.74, 6) is 0. The highest BCUT2D eigenvalue weighted by Gasteiger charge is 2.04. The lowest BCUT2D eigenvalue weighted by atomic mass is 10.1. The van der Waals surface area contributed by atoms with E-state index in [2.05, 4.69) is 11.6 Å². The van der Waals surface area contributed by atoms with Crippen molar-refractivity contribution in [2.24, 2.45) is 5.73 Å². The Morgan fingerprint density at radius 3 is 2.92 bits per heavy atom. The summed E-state index contributed by atoms with van der Waals surface area (Å²) in [6, 6.07) is 3.69. The van der Waals surface area contributed by atoms with E-state index in [0.29, 0.717) is 5.15 Å². The Kier molecular flexibility index (Phi) is 3.93. The molecule has 2 N–H and O–H groups in total. The number of hydrogen-bond donors (Lipinski definition) is 1. The van der Waals surface area contributed by atoms with Gasteiger partial charge in [-0.25, -0.2) is 4.98 Å². The summed E-state index contributed by atoms with van der Waals surface area (Å²) in [5, 5.41) is 0.500. The molecule has 1 heterocycles. The average Bonchev–Trinajstić information content (AvgIpc) is 2.15. The molecule has 0 aliphatic carbocycles. The van der Waals surface area contributed by atoms with Crippen LogP contribution in [0.3, 0.4) is 0 Å². The zero-order valence-electron chi connectivity index (χ0n) is 7.41. The largest absolute Gasteiger partial charge is 0.324 e. The molecule has 0 fully saturated rings. The first-order valence-electron chi connectivity index (χ1n) is 4.22. The van der Waals surface area contributed by atoms with Gasteiger partial charge >= 0.3 is 0 Å². The highest BCUT2D eigenvalue weighted by Crippen LogP contribution is 2.16. The number of nitrogens with two attached hydrogens (primary N) is 1. The maximum absolute atomic E-state index is 5.90. The second-order valence-corrected chi connectivity index (χ2v) is 3.27. The fraction of sp³-hybridized carbons (Fsp3) is 0.300. The van der Waals surface area contributed by atoms with E-state index in [1.807, 2.05) is 12.1 Å². The van der Waals surface area contributed by atoms with Gasteiger partial charge in [0, 0.05) is 12.2 Å². The normalized spacial score (nSPS) is 12.5. The molecule has 0 amide bonds. The molecule has 1 atom stereocenters. The summed E-state index contributed by atoms with van der Waals surface area (Å²) in [7, 11) is 0. The molecule has 0 aromatic carbocycles. The Balaban J connectivity index is 2.60. The molecule has 2 nitrogen and oxygen atoms in total. The van der Waals surface area contributed by atoms with E-state index in [9.17, 15) is 0 Å². The number of nitrogens with zero attached hydrogens (tertiary/aromatic N) is 1. The SMILES string of the molecule is C=CCC[C@@H](N)c1ccc(Cl)nc1. The van der Waals surface area contributed by atoms with Crippen molar-refractivity contribution < 1.29 is 0 Å². The zero-order chi connectivity index (χ0) is 9.68. The van der Waals surface area contributed by atoms with Crippen LogP contribution in [0.25, 0.3) is 0 Å². The molecular weight excluding hydrogens is 184 g/mol. The highest BCUT2D eigenvalue weighted by molar-refractivity contribution is 6.29. The lowest BCUT2D eigenvalue weighted by Gasteiger charge is -2.09. The number of hydrogen-bond acceptors (Lipinski definition) is 2. The molecule has 1 aromatic heterocycles. The Morgan fingerprint density at radius 1 is 1.62 bits per heavy atom. The third kappa shape index (κ3) is 3.17. The smallest absolute Gasteiger partial charge is 0.129 e. The van der Waals surface area contributed by atoms with Crippen molar-refractivity contribution in [3.63, 3.8) is 0 Å². The van der Waals surface area contributed by atoms with Gasteiger partial charge in [-0.1, -0.05) is 23.7 Å². The van der Waals surface area contributed by atoms with Gasteiger partial charge in [0.1, 0.15) is 5.15 Å². The number of halogens is 1. The van der Waals surface area contributed by atoms with E-state index >= 15 is 0 Å². The topological polar surface area (TPSA) is 38.9 Å². The van der Waals surface area contributed by atoms with E-state index in [-0.39, 0.29) is 6.04 Å². The van der Waals surface area contributed by atoms with E-state index < -0.39 is 0 Å². The van der Waals surface area contributed by atoms with Gasteiger partial charge in [-0.05, 0) is 24.5 Å². The van der Waals surface area contributed by atoms with Crippen LogP contribution in [0.5, 0.6) is 0 Å². The van der Waals surface area contributed by atoms with Gasteiger partial charge in [-0.3, -0.25) is 0 Å². The lowest BCUT2D eigenvalue weighted by Crippen LogP contribution is -2.09. The second kappa shape index (κ2) is 5.00. The standard InChI is InChI=1S/C10H13ClN2/c1-2-3-4-9(12)8-5-6-10(11)13-7-8/h2,5-7,9H,1,3-4,12H2/t9-/m1/s1. The predicted octanol–water partition coefficient (Wildman–Crippen LogP) is 2.70. The fourth-order valence-electron chi connectivity index (χ4n) is 1.07. The minimum atomic E-state index is 0.0303. The van der Waals surface area contributed by atoms with Crippen LogP contribution in [-0.4, -0.2) is 4.98 Å². The summed E-state index contributed by atoms with van der Waals surface area (Å²) >= 11 is 5.65. The molecule has 1 aromatic rings. The zero-order valence-corrected chi connectivity index (χ0v) is 8.17. The Hall–Kier alpha value is -0.860. The Labute approximate surface area is 83.4 Å². The summed E-state index contributed by atoms with van der Waals surface area (Å²) in [6.07, 6.45) is 5.40. The predicted molar refractivity (Wildman–Crippen MR) is 55.6 cm³/mol. The van der Waals surface area contributed by atoms with Crippen molar-refractivity contribution in [1.82, 2.24) is 4.98 Å². The molecular formula is C10H13ClN2. The van der Waals surface area contributed by atoms with Crippen molar-refractivity contribution in [2.75, 3.05) is 0 Å². The molecule has 0 bridgehead atoms. The van der Waals surface area contributed by atoms with Gasteiger partial charge in [0.25, 0.3) is 0 Å². The molecule has 0 radical (unpaired) electrons. The molecule has 0 saturated heterocycles. The molecule has 3 heteroatoms. The molecule has 1 rings (SSSR count). The van der Waals surface area contributed by atoms with Gasteiger partial charge in [-0.2, -0.15) is 0 Å². The third-order valence-electron chi connectivity index (χ3n) is 1.86. The van der Waals surface area contributed by atoms with Gasteiger partial charge in [0.05, 0.1) is 0 Å². The summed E-state index contributed by atoms with van der Waals surface area (Å²) < 4.78 is 0. The van der Waals surface area contributed by atoms with Crippen LogP contribution in [-0.2, 0) is 0 Å². The van der Waals surface area contributed by atoms with Crippen molar-refractivity contribution in [3.05, 3.63) is 41.7 Å². The van der Waals surface area contributed by atoms with E-state index in [0.717, 1.165) is 18.4 Å². The second-order valence-electron chi connectivity index (χ2n) is 2.89. The maximum atomic E-state index is 5.90. The van der Waals surface area contributed by atoms with Crippen molar-refractivity contribution in [2.45, 2.75) is 18.9 Å². The summed E-state index contributed by atoms with van der Waals surface area (Å²) in [4.78, 5) is 3.97. The van der Waals surface area contributed by atoms with Crippen molar-refractivity contribution >= 4 is 11.6 Å². The monoisotopic (exact) mass is 196 g/mol. The molecule has 0 unspecified atom stereocenters. The number of pyridine rings is 1. The number of allylic oxidation sites excluding steroid dienone is 1. The number of rotatable bonds is 4. The summed E-state index contributed by atoms with van der Waals surface area (Å²) in [5.41, 5.74) is 6.92. The van der Waals surface area contributed by atoms with E-state index in [4.69, 9.17) is 17.3 Å². The Bertz CT molecular complexity index is 269. The van der Waals surface area contributed by atoms with Crippen LogP contribution in [0.15, 0.2) is 31.0 Å². The molecule has 0 aliphatic heterocycles. The van der Waals surface area contributed by atoms with E-state index in [1.165, 1.54) is 0 Å². The third-order valence-corrected chi connectivity index (χ3v) is 2.08. The molecule has 0 aliphatic rings. The molecule has 70 valence electrons. The highest BCUT2D eigenvalue weighted by atomic mass is 35.5. The van der Waals surface area contributed by atoms with Gasteiger partial charge in [0.2, 0.25) is 0 Å². The van der Waals surface area contributed by atoms with Crippen LogP contribution in [0, 0.1) is 0 Å². The van der Waals surface area contributed by atoms with Gasteiger partial charge in [0.15, 0.2) is 0 Å². The van der Waals surface area contributed by atoms with Crippen molar-refractivity contribution in [3.8, 4) is 0 Å².